The lowest BCUT2D eigenvalue weighted by Gasteiger charge is -2.34. The van der Waals surface area contributed by atoms with Crippen molar-refractivity contribution in [2.24, 2.45) is 5.41 Å². The predicted molar refractivity (Wildman–Crippen MR) is 95.7 cm³/mol. The number of aryl methyl sites for hydroxylation is 2. The number of hydrogen-bond donors (Lipinski definition) is 1. The molecule has 1 N–H and O–H groups in total. The highest BCUT2D eigenvalue weighted by Gasteiger charge is 2.37. The van der Waals surface area contributed by atoms with E-state index >= 15 is 0 Å². The van der Waals surface area contributed by atoms with Crippen LogP contribution in [0.3, 0.4) is 0 Å². The number of hydrogen-bond acceptors (Lipinski definition) is 2. The molecule has 1 atom stereocenters. The summed E-state index contributed by atoms with van der Waals surface area (Å²) >= 11 is 0. The number of nitrogens with one attached hydrogen (secondary N) is 1. The first-order chi connectivity index (χ1) is 11.0. The summed E-state index contributed by atoms with van der Waals surface area (Å²) in [6.45, 7) is 8.37. The van der Waals surface area contributed by atoms with Gasteiger partial charge in [0.2, 0.25) is 5.91 Å². The highest BCUT2D eigenvalue weighted by atomic mass is 16.2. The molecule has 23 heavy (non-hydrogen) atoms. The molecule has 1 aliphatic carbocycles. The van der Waals surface area contributed by atoms with Gasteiger partial charge < -0.3 is 10.2 Å². The second-order valence-electron chi connectivity index (χ2n) is 7.93. The van der Waals surface area contributed by atoms with Crippen LogP contribution in [0.2, 0.25) is 0 Å². The molecule has 126 valence electrons. The van der Waals surface area contributed by atoms with E-state index in [0.29, 0.717) is 17.4 Å². The third-order valence-corrected chi connectivity index (χ3v) is 5.70. The lowest BCUT2D eigenvalue weighted by molar-refractivity contribution is -0.132. The molecule has 0 radical (unpaired) electrons. The van der Waals surface area contributed by atoms with Crippen molar-refractivity contribution in [2.45, 2.75) is 65.3 Å². The normalized spacial score (nSPS) is 22.7. The van der Waals surface area contributed by atoms with Crippen LogP contribution < -0.4 is 5.32 Å². The van der Waals surface area contributed by atoms with Gasteiger partial charge in [0.1, 0.15) is 0 Å². The van der Waals surface area contributed by atoms with Crippen LogP contribution in [0, 0.1) is 19.3 Å². The van der Waals surface area contributed by atoms with Crippen LogP contribution in [-0.4, -0.2) is 29.9 Å². The molecule has 0 unspecified atom stereocenters. The fraction of sp³-hybridized carbons (Fsp3) is 0.650. The van der Waals surface area contributed by atoms with Gasteiger partial charge in [0.15, 0.2) is 0 Å². The maximum atomic E-state index is 12.5. The maximum absolute atomic E-state index is 12.5. The zero-order chi connectivity index (χ0) is 16.4. The lowest BCUT2D eigenvalue weighted by atomic mass is 10.0. The smallest absolute Gasteiger partial charge is 0.222 e. The quantitative estimate of drug-likeness (QED) is 0.879. The number of benzene rings is 1. The fourth-order valence-corrected chi connectivity index (χ4v) is 3.42. The maximum Gasteiger partial charge on any atom is 0.222 e. The molecule has 3 rings (SSSR count). The third-order valence-electron chi connectivity index (χ3n) is 5.70. The van der Waals surface area contributed by atoms with Gasteiger partial charge in [0.25, 0.3) is 0 Å². The number of rotatable bonds is 5. The van der Waals surface area contributed by atoms with Gasteiger partial charge in [-0.2, -0.15) is 0 Å². The van der Waals surface area contributed by atoms with Crippen molar-refractivity contribution in [1.82, 2.24) is 4.90 Å². The lowest BCUT2D eigenvalue weighted by Crippen LogP contribution is -2.45. The van der Waals surface area contributed by atoms with Crippen LogP contribution >= 0.6 is 0 Å². The summed E-state index contributed by atoms with van der Waals surface area (Å²) in [6, 6.07) is 6.91. The molecular weight excluding hydrogens is 284 g/mol. The van der Waals surface area contributed by atoms with E-state index in [0.717, 1.165) is 38.8 Å². The Morgan fingerprint density at radius 2 is 2.09 bits per heavy atom. The monoisotopic (exact) mass is 314 g/mol. The zero-order valence-corrected chi connectivity index (χ0v) is 14.8. The summed E-state index contributed by atoms with van der Waals surface area (Å²) in [7, 11) is 0. The molecule has 3 heteroatoms. The van der Waals surface area contributed by atoms with Gasteiger partial charge in [-0.3, -0.25) is 4.79 Å². The Hall–Kier alpha value is -1.51. The average Bonchev–Trinajstić information content (AvgIpc) is 3.27. The van der Waals surface area contributed by atoms with Gasteiger partial charge in [-0.05, 0) is 74.6 Å². The van der Waals surface area contributed by atoms with E-state index in [4.69, 9.17) is 0 Å². The minimum atomic E-state index is 0.352. The molecule has 0 bridgehead atoms. The summed E-state index contributed by atoms with van der Waals surface area (Å²) in [5, 5.41) is 3.62. The van der Waals surface area contributed by atoms with Crippen molar-refractivity contribution < 1.29 is 4.79 Å². The predicted octanol–water partition coefficient (Wildman–Crippen LogP) is 4.29. The minimum Gasteiger partial charge on any atom is -0.381 e. The van der Waals surface area contributed by atoms with Gasteiger partial charge in [0.05, 0.1) is 0 Å². The van der Waals surface area contributed by atoms with Crippen molar-refractivity contribution in [3.63, 3.8) is 0 Å². The van der Waals surface area contributed by atoms with E-state index in [1.807, 2.05) is 0 Å². The third kappa shape index (κ3) is 4.27. The van der Waals surface area contributed by atoms with Crippen LogP contribution in [0.1, 0.15) is 56.6 Å². The molecule has 1 amide bonds. The second kappa shape index (κ2) is 6.54. The van der Waals surface area contributed by atoms with E-state index in [1.54, 1.807) is 0 Å². The summed E-state index contributed by atoms with van der Waals surface area (Å²) in [4.78, 5) is 14.5. The first-order valence-corrected chi connectivity index (χ1v) is 9.07. The van der Waals surface area contributed by atoms with Gasteiger partial charge in [-0.1, -0.05) is 13.0 Å². The minimum absolute atomic E-state index is 0.352. The second-order valence-corrected chi connectivity index (χ2v) is 7.93. The summed E-state index contributed by atoms with van der Waals surface area (Å²) in [5.74, 6) is 0.352. The number of carbonyl (C=O) groups excluding carboxylic acids is 1. The van der Waals surface area contributed by atoms with Crippen molar-refractivity contribution in [1.29, 1.82) is 0 Å². The molecular formula is C20H30N2O. The molecule has 1 aromatic carbocycles. The molecule has 3 nitrogen and oxygen atoms in total. The molecule has 1 aromatic rings. The largest absolute Gasteiger partial charge is 0.381 e. The molecule has 2 fully saturated rings. The Morgan fingerprint density at radius 1 is 1.30 bits per heavy atom. The molecule has 1 heterocycles. The van der Waals surface area contributed by atoms with Crippen LogP contribution in [0.25, 0.3) is 0 Å². The molecule has 0 spiro atoms. The Kier molecular flexibility index (Phi) is 4.65. The van der Waals surface area contributed by atoms with Crippen molar-refractivity contribution in [2.75, 3.05) is 18.4 Å². The standard InChI is InChI=1S/C20H30N2O/c1-15-6-7-17(13-16(15)2)21-18-5-4-12-22(14-18)19(23)8-9-20(3)10-11-20/h6-7,13,18,21H,4-5,8-12,14H2,1-3H3/t18-/m1/s1. The topological polar surface area (TPSA) is 32.3 Å². The van der Waals surface area contributed by atoms with E-state index in [2.05, 4.69) is 49.2 Å². The van der Waals surface area contributed by atoms with Crippen molar-refractivity contribution >= 4 is 11.6 Å². The van der Waals surface area contributed by atoms with Gasteiger partial charge in [0, 0.05) is 31.2 Å². The number of likely N-dealkylation sites (tertiary alicyclic amines) is 1. The number of nitrogens with zero attached hydrogens (tertiary/aromatic N) is 1. The molecule has 0 aromatic heterocycles. The SMILES string of the molecule is Cc1ccc(N[C@@H]2CCCN(C(=O)CCC3(C)CC3)C2)cc1C. The van der Waals surface area contributed by atoms with E-state index in [-0.39, 0.29) is 0 Å². The van der Waals surface area contributed by atoms with E-state index in [1.165, 1.54) is 29.7 Å². The summed E-state index contributed by atoms with van der Waals surface area (Å²) in [6.07, 6.45) is 6.65. The first-order valence-electron chi connectivity index (χ1n) is 9.07. The number of anilines is 1. The Labute approximate surface area is 140 Å². The van der Waals surface area contributed by atoms with Gasteiger partial charge >= 0.3 is 0 Å². The fourth-order valence-electron chi connectivity index (χ4n) is 3.42. The summed E-state index contributed by atoms with van der Waals surface area (Å²) < 4.78 is 0. The number of carbonyl (C=O) groups is 1. The number of piperidine rings is 1. The first kappa shape index (κ1) is 16.4. The van der Waals surface area contributed by atoms with E-state index in [9.17, 15) is 4.79 Å². The Morgan fingerprint density at radius 3 is 2.78 bits per heavy atom. The zero-order valence-electron chi connectivity index (χ0n) is 14.8. The Balaban J connectivity index is 1.52. The van der Waals surface area contributed by atoms with Gasteiger partial charge in [-0.15, -0.1) is 0 Å². The molecule has 1 aliphatic heterocycles. The van der Waals surface area contributed by atoms with Gasteiger partial charge in [-0.25, -0.2) is 0 Å². The molecule has 1 saturated carbocycles. The molecule has 2 aliphatic rings. The van der Waals surface area contributed by atoms with Crippen LogP contribution in [0.15, 0.2) is 18.2 Å². The van der Waals surface area contributed by atoms with Crippen molar-refractivity contribution in [3.05, 3.63) is 29.3 Å². The number of amides is 1. The van der Waals surface area contributed by atoms with Crippen LogP contribution in [0.4, 0.5) is 5.69 Å². The van der Waals surface area contributed by atoms with E-state index < -0.39 is 0 Å². The average molecular weight is 314 g/mol. The van der Waals surface area contributed by atoms with Crippen molar-refractivity contribution in [3.8, 4) is 0 Å². The highest BCUT2D eigenvalue weighted by Crippen LogP contribution is 2.48. The van der Waals surface area contributed by atoms with Crippen LogP contribution in [-0.2, 0) is 4.79 Å². The van der Waals surface area contributed by atoms with Crippen LogP contribution in [0.5, 0.6) is 0 Å². The molecule has 1 saturated heterocycles. The Bertz CT molecular complexity index is 577. The highest BCUT2D eigenvalue weighted by molar-refractivity contribution is 5.76. The summed E-state index contributed by atoms with van der Waals surface area (Å²) in [5.41, 5.74) is 4.29.